The predicted molar refractivity (Wildman–Crippen MR) is 90.5 cm³/mol. The van der Waals surface area contributed by atoms with Crippen LogP contribution in [0.2, 0.25) is 0 Å². The van der Waals surface area contributed by atoms with E-state index < -0.39 is 0 Å². The predicted octanol–water partition coefficient (Wildman–Crippen LogP) is 4.67. The summed E-state index contributed by atoms with van der Waals surface area (Å²) in [6, 6.07) is 10.9. The summed E-state index contributed by atoms with van der Waals surface area (Å²) in [5.41, 5.74) is 3.59. The monoisotopic (exact) mass is 294 g/mol. The van der Waals surface area contributed by atoms with Gasteiger partial charge in [-0.3, -0.25) is 0 Å². The van der Waals surface area contributed by atoms with E-state index in [0.29, 0.717) is 11.8 Å². The zero-order valence-corrected chi connectivity index (χ0v) is 13.6. The molecule has 0 fully saturated rings. The maximum Gasteiger partial charge on any atom is 0.122 e. The fraction of sp³-hybridized carbons (Fsp3) is 0.316. The van der Waals surface area contributed by atoms with E-state index >= 15 is 0 Å². The van der Waals surface area contributed by atoms with Crippen LogP contribution in [0.25, 0.3) is 10.8 Å². The van der Waals surface area contributed by atoms with Crippen molar-refractivity contribution in [3.05, 3.63) is 59.7 Å². The lowest BCUT2D eigenvalue weighted by Crippen LogP contribution is -2.09. The Hall–Kier alpha value is -2.29. The molecule has 0 bridgehead atoms. The number of aromatic nitrogens is 2. The number of fused-ring (bicyclic) bond motifs is 1. The number of hydrogen-bond acceptors (Lipinski definition) is 2. The second kappa shape index (κ2) is 5.84. The van der Waals surface area contributed by atoms with Crippen LogP contribution < -0.4 is 4.74 Å². The van der Waals surface area contributed by atoms with Crippen molar-refractivity contribution in [3.63, 3.8) is 0 Å². The summed E-state index contributed by atoms with van der Waals surface area (Å²) in [6.45, 7) is 6.58. The summed E-state index contributed by atoms with van der Waals surface area (Å²) in [7, 11) is 1.72. The van der Waals surface area contributed by atoms with Gasteiger partial charge in [0.15, 0.2) is 0 Å². The Morgan fingerprint density at radius 3 is 2.59 bits per heavy atom. The highest BCUT2D eigenvalue weighted by atomic mass is 16.5. The molecule has 0 spiro atoms. The molecule has 0 aliphatic heterocycles. The van der Waals surface area contributed by atoms with Gasteiger partial charge >= 0.3 is 0 Å². The van der Waals surface area contributed by atoms with Gasteiger partial charge in [0.2, 0.25) is 0 Å². The van der Waals surface area contributed by atoms with E-state index in [1.165, 1.54) is 21.9 Å². The summed E-state index contributed by atoms with van der Waals surface area (Å²) in [5.74, 6) is 1.73. The van der Waals surface area contributed by atoms with Crippen molar-refractivity contribution >= 4 is 10.8 Å². The number of nitrogens with zero attached hydrogens (tertiary/aromatic N) is 1. The van der Waals surface area contributed by atoms with Gasteiger partial charge in [-0.2, -0.15) is 0 Å². The van der Waals surface area contributed by atoms with E-state index in [-0.39, 0.29) is 0 Å². The van der Waals surface area contributed by atoms with Crippen LogP contribution in [0.4, 0.5) is 0 Å². The van der Waals surface area contributed by atoms with Crippen molar-refractivity contribution in [2.45, 2.75) is 26.7 Å². The first-order chi connectivity index (χ1) is 10.6. The number of aromatic amines is 1. The number of imidazole rings is 1. The van der Waals surface area contributed by atoms with Gasteiger partial charge in [-0.1, -0.05) is 38.1 Å². The summed E-state index contributed by atoms with van der Waals surface area (Å²) < 4.78 is 5.41. The summed E-state index contributed by atoms with van der Waals surface area (Å²) >= 11 is 0. The van der Waals surface area contributed by atoms with E-state index in [2.05, 4.69) is 55.0 Å². The molecule has 2 aromatic carbocycles. The minimum absolute atomic E-state index is 0.304. The van der Waals surface area contributed by atoms with Gasteiger partial charge in [0, 0.05) is 12.1 Å². The Balaban J connectivity index is 2.11. The quantitative estimate of drug-likeness (QED) is 0.759. The van der Waals surface area contributed by atoms with Crippen molar-refractivity contribution in [1.82, 2.24) is 9.97 Å². The number of benzene rings is 2. The molecular formula is C19H22N2O. The number of hydrogen-bond donors (Lipinski definition) is 1. The highest BCUT2D eigenvalue weighted by Crippen LogP contribution is 2.34. The van der Waals surface area contributed by atoms with Gasteiger partial charge in [-0.25, -0.2) is 4.98 Å². The Labute approximate surface area is 131 Å². The normalized spacial score (nSPS) is 12.8. The number of rotatable bonds is 4. The van der Waals surface area contributed by atoms with Gasteiger partial charge in [0.1, 0.15) is 5.75 Å². The van der Waals surface area contributed by atoms with Crippen molar-refractivity contribution in [2.24, 2.45) is 5.92 Å². The van der Waals surface area contributed by atoms with Crippen LogP contribution >= 0.6 is 0 Å². The van der Waals surface area contributed by atoms with E-state index in [9.17, 15) is 0 Å². The molecule has 114 valence electrons. The molecule has 0 aliphatic rings. The van der Waals surface area contributed by atoms with Crippen molar-refractivity contribution in [2.75, 3.05) is 7.11 Å². The number of H-pyrrole nitrogens is 1. The maximum absolute atomic E-state index is 5.41. The first-order valence-corrected chi connectivity index (χ1v) is 7.67. The molecule has 0 aliphatic carbocycles. The second-order valence-electron chi connectivity index (χ2n) is 6.09. The number of methoxy groups -OCH3 is 1. The van der Waals surface area contributed by atoms with Crippen LogP contribution in [0.15, 0.2) is 42.9 Å². The Morgan fingerprint density at radius 2 is 1.95 bits per heavy atom. The van der Waals surface area contributed by atoms with Crippen molar-refractivity contribution in [3.8, 4) is 5.75 Å². The van der Waals surface area contributed by atoms with Crippen molar-refractivity contribution < 1.29 is 4.74 Å². The van der Waals surface area contributed by atoms with E-state index in [1.54, 1.807) is 13.4 Å². The molecule has 1 N–H and O–H groups in total. The first-order valence-electron chi connectivity index (χ1n) is 7.67. The molecule has 1 heterocycles. The Kier molecular flexibility index (Phi) is 3.88. The molecule has 3 nitrogen and oxygen atoms in total. The van der Waals surface area contributed by atoms with Gasteiger partial charge in [-0.15, -0.1) is 0 Å². The molecule has 0 amide bonds. The van der Waals surface area contributed by atoms with E-state index in [0.717, 1.165) is 11.4 Å². The molecule has 1 aromatic heterocycles. The van der Waals surface area contributed by atoms with E-state index in [1.807, 2.05) is 12.3 Å². The minimum Gasteiger partial charge on any atom is -0.496 e. The zero-order chi connectivity index (χ0) is 15.7. The highest BCUT2D eigenvalue weighted by molar-refractivity contribution is 5.88. The maximum atomic E-state index is 5.41. The van der Waals surface area contributed by atoms with Gasteiger partial charge in [0.05, 0.1) is 19.1 Å². The SMILES string of the molecule is COc1ccc2cc([C@H](c3c[nH]cn3)C(C)C)ccc2c1C. The molecule has 0 saturated heterocycles. The van der Waals surface area contributed by atoms with Crippen LogP contribution in [0.1, 0.15) is 36.6 Å². The number of aryl methyl sites for hydroxylation is 1. The van der Waals surface area contributed by atoms with Gasteiger partial charge < -0.3 is 9.72 Å². The molecule has 0 radical (unpaired) electrons. The molecule has 1 atom stereocenters. The minimum atomic E-state index is 0.304. The standard InChI is InChI=1S/C19H22N2O/c1-12(2)19(17-10-20-11-21-17)15-5-7-16-13(3)18(22-4)8-6-14(16)9-15/h5-12,19H,1-4H3,(H,20,21)/t19-/m1/s1. The van der Waals surface area contributed by atoms with Gasteiger partial charge in [-0.05, 0) is 40.8 Å². The molecule has 3 heteroatoms. The molecule has 0 saturated carbocycles. The summed E-state index contributed by atoms with van der Waals surface area (Å²) in [4.78, 5) is 7.53. The summed E-state index contributed by atoms with van der Waals surface area (Å²) in [6.07, 6.45) is 3.74. The molecule has 3 aromatic rings. The third-order valence-corrected chi connectivity index (χ3v) is 4.35. The zero-order valence-electron chi connectivity index (χ0n) is 13.6. The van der Waals surface area contributed by atoms with Crippen LogP contribution in [-0.4, -0.2) is 17.1 Å². The van der Waals surface area contributed by atoms with Crippen LogP contribution in [0, 0.1) is 12.8 Å². The topological polar surface area (TPSA) is 37.9 Å². The lowest BCUT2D eigenvalue weighted by Gasteiger charge is -2.20. The Bertz CT molecular complexity index is 775. The molecule has 3 rings (SSSR count). The summed E-state index contributed by atoms with van der Waals surface area (Å²) in [5, 5.41) is 2.49. The smallest absolute Gasteiger partial charge is 0.122 e. The van der Waals surface area contributed by atoms with E-state index in [4.69, 9.17) is 4.74 Å². The fourth-order valence-electron chi connectivity index (χ4n) is 3.24. The number of nitrogens with one attached hydrogen (secondary N) is 1. The third kappa shape index (κ3) is 2.47. The average molecular weight is 294 g/mol. The third-order valence-electron chi connectivity index (χ3n) is 4.35. The van der Waals surface area contributed by atoms with Crippen LogP contribution in [-0.2, 0) is 0 Å². The highest BCUT2D eigenvalue weighted by Gasteiger charge is 2.20. The second-order valence-corrected chi connectivity index (χ2v) is 6.09. The fourth-order valence-corrected chi connectivity index (χ4v) is 3.24. The lowest BCUT2D eigenvalue weighted by molar-refractivity contribution is 0.412. The van der Waals surface area contributed by atoms with Gasteiger partial charge in [0.25, 0.3) is 0 Å². The van der Waals surface area contributed by atoms with Crippen LogP contribution in [0.5, 0.6) is 5.75 Å². The Morgan fingerprint density at radius 1 is 1.14 bits per heavy atom. The molecular weight excluding hydrogens is 272 g/mol. The lowest BCUT2D eigenvalue weighted by atomic mass is 9.85. The average Bonchev–Trinajstić information content (AvgIpc) is 3.01. The largest absolute Gasteiger partial charge is 0.496 e. The molecule has 22 heavy (non-hydrogen) atoms. The molecule has 0 unspecified atom stereocenters. The first kappa shape index (κ1) is 14.6. The van der Waals surface area contributed by atoms with Crippen LogP contribution in [0.3, 0.4) is 0 Å². The van der Waals surface area contributed by atoms with Crippen molar-refractivity contribution in [1.29, 1.82) is 0 Å². The number of ether oxygens (including phenoxy) is 1.